The Hall–Kier alpha value is -2.49. The van der Waals surface area contributed by atoms with Crippen LogP contribution in [-0.2, 0) is 21.2 Å². The van der Waals surface area contributed by atoms with Crippen LogP contribution in [0.4, 0.5) is 0 Å². The molecular formula is C21H26N2O6S. The summed E-state index contributed by atoms with van der Waals surface area (Å²) in [6, 6.07) is 11.1. The van der Waals surface area contributed by atoms with Crippen LogP contribution in [0.25, 0.3) is 11.1 Å². The molecule has 0 saturated heterocycles. The summed E-state index contributed by atoms with van der Waals surface area (Å²) in [4.78, 5) is 24.4. The Balaban J connectivity index is 1.75. The Labute approximate surface area is 175 Å². The Morgan fingerprint density at radius 3 is 2.33 bits per heavy atom. The van der Waals surface area contributed by atoms with E-state index in [0.717, 1.165) is 30.2 Å². The van der Waals surface area contributed by atoms with Crippen molar-refractivity contribution in [1.82, 2.24) is 10.0 Å². The van der Waals surface area contributed by atoms with E-state index < -0.39 is 20.5 Å². The molecule has 1 aliphatic rings. The average molecular weight is 435 g/mol. The molecule has 3 N–H and O–H groups in total. The molecule has 1 heterocycles. The summed E-state index contributed by atoms with van der Waals surface area (Å²) in [5, 5.41) is 18.3. The first-order valence-electron chi connectivity index (χ1n) is 9.68. The van der Waals surface area contributed by atoms with Gasteiger partial charge in [-0.1, -0.05) is 24.3 Å². The zero-order valence-electron chi connectivity index (χ0n) is 16.9. The summed E-state index contributed by atoms with van der Waals surface area (Å²) < 4.78 is 23.6. The summed E-state index contributed by atoms with van der Waals surface area (Å²) >= 11 is 0. The van der Waals surface area contributed by atoms with E-state index in [1.54, 1.807) is 12.3 Å². The molecule has 0 bridgehead atoms. The molecule has 3 rings (SSSR count). The Kier molecular flexibility index (Phi) is 6.16. The minimum Gasteiger partial charge on any atom is -0.393 e. The molecule has 30 heavy (non-hydrogen) atoms. The molecule has 9 heteroatoms. The highest BCUT2D eigenvalue weighted by Crippen LogP contribution is 2.37. The van der Waals surface area contributed by atoms with Crippen LogP contribution >= 0.6 is 0 Å². The maximum atomic E-state index is 12.5. The Morgan fingerprint density at radius 2 is 1.83 bits per heavy atom. The van der Waals surface area contributed by atoms with E-state index in [2.05, 4.69) is 0 Å². The SMILES string of the molecule is C[C@@](CCn1ccc(-c2ccc(C3CC(O)C3)cc2)cc1=O)(C(=O)NO)S(C)(=O)=O. The fourth-order valence-electron chi connectivity index (χ4n) is 3.60. The van der Waals surface area contributed by atoms with E-state index in [9.17, 15) is 23.1 Å². The number of benzene rings is 1. The number of rotatable bonds is 7. The molecule has 162 valence electrons. The van der Waals surface area contributed by atoms with Gasteiger partial charge in [0.15, 0.2) is 14.6 Å². The number of nitrogens with one attached hydrogen (secondary N) is 1. The van der Waals surface area contributed by atoms with Crippen molar-refractivity contribution in [2.75, 3.05) is 6.26 Å². The van der Waals surface area contributed by atoms with Gasteiger partial charge in [-0.15, -0.1) is 0 Å². The van der Waals surface area contributed by atoms with Crippen molar-refractivity contribution in [2.24, 2.45) is 0 Å². The lowest BCUT2D eigenvalue weighted by Crippen LogP contribution is -2.49. The van der Waals surface area contributed by atoms with Gasteiger partial charge >= 0.3 is 0 Å². The molecule has 1 atom stereocenters. The zero-order valence-corrected chi connectivity index (χ0v) is 17.7. The second-order valence-electron chi connectivity index (χ2n) is 8.09. The first-order valence-corrected chi connectivity index (χ1v) is 11.6. The van der Waals surface area contributed by atoms with Gasteiger partial charge in [-0.25, -0.2) is 13.9 Å². The minimum absolute atomic E-state index is 0.000945. The summed E-state index contributed by atoms with van der Waals surface area (Å²) in [5.74, 6) is -0.656. The van der Waals surface area contributed by atoms with E-state index in [4.69, 9.17) is 5.21 Å². The number of sulfone groups is 1. The number of aryl methyl sites for hydroxylation is 1. The molecule has 1 saturated carbocycles. The maximum absolute atomic E-state index is 12.5. The van der Waals surface area contributed by atoms with Crippen molar-refractivity contribution >= 4 is 15.7 Å². The topological polar surface area (TPSA) is 126 Å². The molecule has 1 aliphatic carbocycles. The largest absolute Gasteiger partial charge is 0.393 e. The van der Waals surface area contributed by atoms with Crippen LogP contribution in [0, 0.1) is 0 Å². The number of amides is 1. The van der Waals surface area contributed by atoms with Crippen LogP contribution in [-0.4, -0.2) is 46.3 Å². The number of hydrogen-bond acceptors (Lipinski definition) is 6. The van der Waals surface area contributed by atoms with Gasteiger partial charge in [0.05, 0.1) is 6.10 Å². The number of pyridine rings is 1. The van der Waals surface area contributed by atoms with E-state index >= 15 is 0 Å². The van der Waals surface area contributed by atoms with Gasteiger partial charge in [0.2, 0.25) is 0 Å². The van der Waals surface area contributed by atoms with Gasteiger partial charge in [0, 0.05) is 25.1 Å². The second kappa shape index (κ2) is 8.33. The fourth-order valence-corrected chi connectivity index (χ4v) is 4.44. The predicted molar refractivity (Wildman–Crippen MR) is 112 cm³/mol. The molecule has 0 spiro atoms. The second-order valence-corrected chi connectivity index (χ2v) is 10.5. The van der Waals surface area contributed by atoms with Gasteiger partial charge in [-0.3, -0.25) is 14.8 Å². The molecule has 0 radical (unpaired) electrons. The standard InChI is InChI=1S/C21H26N2O6S/c1-21(20(26)22-27,30(2,28)29)8-10-23-9-7-16(13-19(23)25)14-3-5-15(6-4-14)17-11-18(24)12-17/h3-7,9,13,17-18,24,27H,8,10-12H2,1-2H3,(H,22,26)/t17?,18?,21-/m1/s1. The number of hydroxylamine groups is 1. The van der Waals surface area contributed by atoms with E-state index in [1.807, 2.05) is 24.3 Å². The highest BCUT2D eigenvalue weighted by molar-refractivity contribution is 7.92. The van der Waals surface area contributed by atoms with Crippen molar-refractivity contribution in [3.05, 3.63) is 58.5 Å². The third-order valence-electron chi connectivity index (χ3n) is 6.05. The predicted octanol–water partition coefficient (Wildman–Crippen LogP) is 1.45. The highest BCUT2D eigenvalue weighted by Gasteiger charge is 2.43. The average Bonchev–Trinajstić information content (AvgIpc) is 2.69. The van der Waals surface area contributed by atoms with Crippen LogP contribution in [0.3, 0.4) is 0 Å². The minimum atomic E-state index is -3.83. The summed E-state index contributed by atoms with van der Waals surface area (Å²) in [7, 11) is -3.83. The van der Waals surface area contributed by atoms with Crippen molar-refractivity contribution in [2.45, 2.75) is 49.5 Å². The lowest BCUT2D eigenvalue weighted by Gasteiger charge is -2.31. The number of carbonyl (C=O) groups is 1. The first kappa shape index (κ1) is 22.2. The lowest BCUT2D eigenvalue weighted by atomic mass is 9.77. The maximum Gasteiger partial charge on any atom is 0.264 e. The van der Waals surface area contributed by atoms with Gasteiger partial charge in [-0.05, 0) is 54.9 Å². The van der Waals surface area contributed by atoms with Crippen LogP contribution in [0.15, 0.2) is 47.4 Å². The molecule has 8 nitrogen and oxygen atoms in total. The lowest BCUT2D eigenvalue weighted by molar-refractivity contribution is -0.131. The third-order valence-corrected chi connectivity index (χ3v) is 8.08. The number of aliphatic hydroxyl groups excluding tert-OH is 1. The molecule has 1 fully saturated rings. The highest BCUT2D eigenvalue weighted by atomic mass is 32.2. The molecule has 1 aromatic heterocycles. The van der Waals surface area contributed by atoms with E-state index in [0.29, 0.717) is 5.92 Å². The number of hydrogen-bond donors (Lipinski definition) is 3. The molecular weight excluding hydrogens is 408 g/mol. The van der Waals surface area contributed by atoms with E-state index in [-0.39, 0.29) is 24.6 Å². The monoisotopic (exact) mass is 434 g/mol. The summed E-state index contributed by atoms with van der Waals surface area (Å²) in [5.41, 5.74) is 3.85. The third kappa shape index (κ3) is 4.33. The normalized spacial score (nSPS) is 20.8. The van der Waals surface area contributed by atoms with Gasteiger partial charge in [-0.2, -0.15) is 0 Å². The molecule has 2 aromatic rings. The van der Waals surface area contributed by atoms with Crippen molar-refractivity contribution in [3.8, 4) is 11.1 Å². The number of aromatic nitrogens is 1. The smallest absolute Gasteiger partial charge is 0.264 e. The summed E-state index contributed by atoms with van der Waals surface area (Å²) in [6.07, 6.45) is 3.65. The fraction of sp³-hybridized carbons (Fsp3) is 0.429. The van der Waals surface area contributed by atoms with Crippen molar-refractivity contribution in [1.29, 1.82) is 0 Å². The number of aliphatic hydroxyl groups is 1. The van der Waals surface area contributed by atoms with Crippen LogP contribution in [0.5, 0.6) is 0 Å². The molecule has 1 amide bonds. The van der Waals surface area contributed by atoms with E-state index in [1.165, 1.54) is 28.6 Å². The summed E-state index contributed by atoms with van der Waals surface area (Å²) in [6.45, 7) is 1.22. The van der Waals surface area contributed by atoms with Crippen molar-refractivity contribution in [3.63, 3.8) is 0 Å². The van der Waals surface area contributed by atoms with Gasteiger partial charge in [0.25, 0.3) is 11.5 Å². The Morgan fingerprint density at radius 1 is 1.20 bits per heavy atom. The quantitative estimate of drug-likeness (QED) is 0.447. The van der Waals surface area contributed by atoms with Crippen molar-refractivity contribution < 1.29 is 23.5 Å². The Bertz CT molecular complexity index is 1090. The first-order chi connectivity index (χ1) is 14.0. The van der Waals surface area contributed by atoms with Gasteiger partial charge < -0.3 is 9.67 Å². The van der Waals surface area contributed by atoms with Crippen LogP contribution in [0.2, 0.25) is 0 Å². The van der Waals surface area contributed by atoms with Crippen LogP contribution < -0.4 is 11.0 Å². The molecule has 1 aromatic carbocycles. The molecule has 0 unspecified atom stereocenters. The van der Waals surface area contributed by atoms with Crippen LogP contribution in [0.1, 0.15) is 37.7 Å². The van der Waals surface area contributed by atoms with Gasteiger partial charge in [0.1, 0.15) is 0 Å². The zero-order chi connectivity index (χ0) is 22.1. The number of nitrogens with zero attached hydrogens (tertiary/aromatic N) is 1. The molecule has 0 aliphatic heterocycles. The number of carbonyl (C=O) groups excluding carboxylic acids is 1.